The van der Waals surface area contributed by atoms with Gasteiger partial charge in [-0.2, -0.15) is 0 Å². The maximum Gasteiger partial charge on any atom is 0.248 e. The van der Waals surface area contributed by atoms with Crippen molar-refractivity contribution < 1.29 is 9.53 Å². The second-order valence-electron chi connectivity index (χ2n) is 6.23. The maximum atomic E-state index is 12.1. The van der Waals surface area contributed by atoms with Crippen LogP contribution in [0, 0.1) is 6.92 Å². The van der Waals surface area contributed by atoms with Gasteiger partial charge in [0, 0.05) is 27.4 Å². The minimum Gasteiger partial charge on any atom is -0.489 e. The molecule has 3 aromatic carbocycles. The predicted octanol–water partition coefficient (Wildman–Crippen LogP) is 6.53. The van der Waals surface area contributed by atoms with Crippen molar-refractivity contribution in [2.24, 2.45) is 0 Å². The van der Waals surface area contributed by atoms with E-state index in [1.165, 1.54) is 6.08 Å². The van der Waals surface area contributed by atoms with Crippen LogP contribution >= 0.6 is 23.2 Å². The van der Waals surface area contributed by atoms with Crippen molar-refractivity contribution in [2.45, 2.75) is 13.5 Å². The largest absolute Gasteiger partial charge is 0.489 e. The van der Waals surface area contributed by atoms with Gasteiger partial charge in [-0.05, 0) is 54.5 Å². The Labute approximate surface area is 174 Å². The summed E-state index contributed by atoms with van der Waals surface area (Å²) in [5, 5.41) is 4.04. The lowest BCUT2D eigenvalue weighted by atomic mass is 10.2. The zero-order valence-electron chi connectivity index (χ0n) is 15.3. The second-order valence-corrected chi connectivity index (χ2v) is 7.07. The van der Waals surface area contributed by atoms with E-state index in [9.17, 15) is 4.79 Å². The highest BCUT2D eigenvalue weighted by atomic mass is 35.5. The standard InChI is InChI=1S/C23H19Cl2NO2/c1-16-4-2-3-5-22(16)26-23(27)13-8-17-6-11-20(12-7-17)28-15-18-9-10-19(24)14-21(18)25/h2-14H,15H2,1H3,(H,26,27)/b13-8+. The van der Waals surface area contributed by atoms with Crippen molar-refractivity contribution in [2.75, 3.05) is 5.32 Å². The minimum atomic E-state index is -0.174. The second kappa shape index (κ2) is 9.45. The van der Waals surface area contributed by atoms with Crippen molar-refractivity contribution in [3.05, 3.63) is 99.5 Å². The first-order chi connectivity index (χ1) is 13.5. The first-order valence-corrected chi connectivity index (χ1v) is 9.48. The highest BCUT2D eigenvalue weighted by molar-refractivity contribution is 6.35. The van der Waals surface area contributed by atoms with Crippen LogP contribution in [-0.4, -0.2) is 5.91 Å². The summed E-state index contributed by atoms with van der Waals surface area (Å²) < 4.78 is 5.75. The van der Waals surface area contributed by atoms with Gasteiger partial charge in [-0.25, -0.2) is 0 Å². The highest BCUT2D eigenvalue weighted by Crippen LogP contribution is 2.23. The Balaban J connectivity index is 1.55. The van der Waals surface area contributed by atoms with E-state index in [0.717, 1.165) is 22.4 Å². The molecule has 0 spiro atoms. The first-order valence-electron chi connectivity index (χ1n) is 8.73. The first kappa shape index (κ1) is 20.0. The van der Waals surface area contributed by atoms with Gasteiger partial charge in [-0.15, -0.1) is 0 Å². The number of carbonyl (C=O) groups excluding carboxylic acids is 1. The fourth-order valence-electron chi connectivity index (χ4n) is 2.53. The number of anilines is 1. The number of carbonyl (C=O) groups is 1. The van der Waals surface area contributed by atoms with Crippen LogP contribution in [0.15, 0.2) is 72.8 Å². The molecule has 0 aliphatic carbocycles. The van der Waals surface area contributed by atoms with Crippen molar-refractivity contribution >= 4 is 40.9 Å². The number of nitrogens with one attached hydrogen (secondary N) is 1. The third-order valence-corrected chi connectivity index (χ3v) is 4.71. The molecule has 0 atom stereocenters. The summed E-state index contributed by atoms with van der Waals surface area (Å²) in [6, 6.07) is 20.4. The summed E-state index contributed by atoms with van der Waals surface area (Å²) in [6.45, 7) is 2.30. The molecular formula is C23H19Cl2NO2. The van der Waals surface area contributed by atoms with Crippen LogP contribution in [0.5, 0.6) is 5.75 Å². The number of para-hydroxylation sites is 1. The van der Waals surface area contributed by atoms with Gasteiger partial charge in [0.1, 0.15) is 12.4 Å². The Bertz CT molecular complexity index is 998. The van der Waals surface area contributed by atoms with E-state index in [2.05, 4.69) is 5.32 Å². The molecule has 0 aromatic heterocycles. The lowest BCUT2D eigenvalue weighted by molar-refractivity contribution is -0.111. The monoisotopic (exact) mass is 411 g/mol. The molecule has 0 saturated carbocycles. The SMILES string of the molecule is Cc1ccccc1NC(=O)/C=C/c1ccc(OCc2ccc(Cl)cc2Cl)cc1. The van der Waals surface area contributed by atoms with Gasteiger partial charge in [0.05, 0.1) is 0 Å². The van der Waals surface area contributed by atoms with Crippen LogP contribution in [0.1, 0.15) is 16.7 Å². The third-order valence-electron chi connectivity index (χ3n) is 4.12. The van der Waals surface area contributed by atoms with Crippen molar-refractivity contribution in [1.82, 2.24) is 0 Å². The summed E-state index contributed by atoms with van der Waals surface area (Å²) in [4.78, 5) is 12.1. The summed E-state index contributed by atoms with van der Waals surface area (Å²) >= 11 is 12.0. The minimum absolute atomic E-state index is 0.174. The summed E-state index contributed by atoms with van der Waals surface area (Å²) in [5.41, 5.74) is 3.59. The van der Waals surface area contributed by atoms with Crippen molar-refractivity contribution in [3.8, 4) is 5.75 Å². The number of benzene rings is 3. The maximum absolute atomic E-state index is 12.1. The van der Waals surface area contributed by atoms with Gasteiger partial charge >= 0.3 is 0 Å². The Morgan fingerprint density at radius 2 is 1.79 bits per heavy atom. The Hall–Kier alpha value is -2.75. The topological polar surface area (TPSA) is 38.3 Å². The van der Waals surface area contributed by atoms with E-state index in [4.69, 9.17) is 27.9 Å². The number of amides is 1. The van der Waals surface area contributed by atoms with E-state index < -0.39 is 0 Å². The van der Waals surface area contributed by atoms with Gasteiger partial charge in [0.15, 0.2) is 0 Å². The van der Waals surface area contributed by atoms with E-state index in [1.54, 1.807) is 18.2 Å². The van der Waals surface area contributed by atoms with Crippen LogP contribution in [0.25, 0.3) is 6.08 Å². The lowest BCUT2D eigenvalue weighted by Crippen LogP contribution is -2.08. The van der Waals surface area contributed by atoms with E-state index in [-0.39, 0.29) is 5.91 Å². The molecule has 3 aromatic rings. The van der Waals surface area contributed by atoms with Crippen LogP contribution in [0.2, 0.25) is 10.0 Å². The number of rotatable bonds is 6. The Morgan fingerprint density at radius 1 is 1.04 bits per heavy atom. The number of ether oxygens (including phenoxy) is 1. The summed E-state index contributed by atoms with van der Waals surface area (Å²) in [5.74, 6) is 0.541. The fourth-order valence-corrected chi connectivity index (χ4v) is 3.00. The quantitative estimate of drug-likeness (QED) is 0.468. The Morgan fingerprint density at radius 3 is 2.50 bits per heavy atom. The molecule has 0 bridgehead atoms. The zero-order chi connectivity index (χ0) is 19.9. The van der Waals surface area contributed by atoms with Crippen LogP contribution in [0.3, 0.4) is 0 Å². The number of hydrogen-bond acceptors (Lipinski definition) is 2. The van der Waals surface area contributed by atoms with Gasteiger partial charge in [0.25, 0.3) is 0 Å². The molecule has 0 aliphatic heterocycles. The molecule has 0 aliphatic rings. The van der Waals surface area contributed by atoms with Crippen molar-refractivity contribution in [3.63, 3.8) is 0 Å². The van der Waals surface area contributed by atoms with E-state index in [1.807, 2.05) is 61.5 Å². The predicted molar refractivity (Wildman–Crippen MR) is 116 cm³/mol. The number of hydrogen-bond donors (Lipinski definition) is 1. The molecule has 0 radical (unpaired) electrons. The molecule has 0 heterocycles. The van der Waals surface area contributed by atoms with Crippen LogP contribution < -0.4 is 10.1 Å². The lowest BCUT2D eigenvalue weighted by Gasteiger charge is -2.08. The van der Waals surface area contributed by atoms with E-state index in [0.29, 0.717) is 22.4 Å². The number of aryl methyl sites for hydroxylation is 1. The van der Waals surface area contributed by atoms with Crippen molar-refractivity contribution in [1.29, 1.82) is 0 Å². The molecular weight excluding hydrogens is 393 g/mol. The average Bonchev–Trinajstić information content (AvgIpc) is 2.68. The van der Waals surface area contributed by atoms with Gasteiger partial charge < -0.3 is 10.1 Å². The zero-order valence-corrected chi connectivity index (χ0v) is 16.8. The van der Waals surface area contributed by atoms with Crippen LogP contribution in [-0.2, 0) is 11.4 Å². The average molecular weight is 412 g/mol. The van der Waals surface area contributed by atoms with Crippen LogP contribution in [0.4, 0.5) is 5.69 Å². The molecule has 28 heavy (non-hydrogen) atoms. The molecule has 0 saturated heterocycles. The molecule has 3 nitrogen and oxygen atoms in total. The molecule has 1 N–H and O–H groups in total. The molecule has 3 rings (SSSR count). The smallest absolute Gasteiger partial charge is 0.248 e. The Kier molecular flexibility index (Phi) is 6.75. The van der Waals surface area contributed by atoms with E-state index >= 15 is 0 Å². The molecule has 1 amide bonds. The molecule has 142 valence electrons. The van der Waals surface area contributed by atoms with Gasteiger partial charge in [-0.1, -0.05) is 59.6 Å². The summed E-state index contributed by atoms with van der Waals surface area (Å²) in [6.07, 6.45) is 3.27. The molecule has 0 fully saturated rings. The van der Waals surface area contributed by atoms with Gasteiger partial charge in [-0.3, -0.25) is 4.79 Å². The fraction of sp³-hybridized carbons (Fsp3) is 0.0870. The highest BCUT2D eigenvalue weighted by Gasteiger charge is 2.03. The van der Waals surface area contributed by atoms with Gasteiger partial charge in [0.2, 0.25) is 5.91 Å². The number of halogens is 2. The molecule has 5 heteroatoms. The summed E-state index contributed by atoms with van der Waals surface area (Å²) in [7, 11) is 0. The normalized spacial score (nSPS) is 10.8. The molecule has 0 unspecified atom stereocenters. The third kappa shape index (κ3) is 5.62.